The fraction of sp³-hybridized carbons (Fsp3) is 0.500. The summed E-state index contributed by atoms with van der Waals surface area (Å²) in [4.78, 5) is 14.7. The Kier molecular flexibility index (Phi) is 3.46. The molecule has 0 saturated heterocycles. The second kappa shape index (κ2) is 5.03. The van der Waals surface area contributed by atoms with E-state index in [1.54, 1.807) is 0 Å². The number of carbonyl (C=O) groups is 1. The topological polar surface area (TPSA) is 85.4 Å². The molecule has 5 heteroatoms. The molecule has 1 heterocycles. The quantitative estimate of drug-likeness (QED) is 0.839. The van der Waals surface area contributed by atoms with E-state index >= 15 is 0 Å². The van der Waals surface area contributed by atoms with E-state index < -0.39 is 5.97 Å². The number of anilines is 1. The molecule has 92 valence electrons. The van der Waals surface area contributed by atoms with Crippen LogP contribution >= 0.6 is 0 Å². The molecule has 1 aromatic rings. The lowest BCUT2D eigenvalue weighted by Gasteiger charge is -2.23. The van der Waals surface area contributed by atoms with Crippen molar-refractivity contribution in [2.24, 2.45) is 0 Å². The first-order chi connectivity index (χ1) is 8.16. The first-order valence-corrected chi connectivity index (χ1v) is 5.83. The molecule has 0 aromatic carbocycles. The van der Waals surface area contributed by atoms with E-state index in [2.05, 4.69) is 4.98 Å². The van der Waals surface area contributed by atoms with Crippen molar-refractivity contribution in [3.05, 3.63) is 17.8 Å². The van der Waals surface area contributed by atoms with Gasteiger partial charge in [0.2, 0.25) is 5.88 Å². The van der Waals surface area contributed by atoms with Crippen molar-refractivity contribution in [1.29, 1.82) is 0 Å². The van der Waals surface area contributed by atoms with Crippen LogP contribution in [0.5, 0.6) is 5.88 Å². The lowest BCUT2D eigenvalue weighted by Crippen LogP contribution is -2.21. The molecule has 3 N–H and O–H groups in total. The smallest absolute Gasteiger partial charge is 0.354 e. The molecule has 1 aromatic heterocycles. The van der Waals surface area contributed by atoms with Gasteiger partial charge in [-0.3, -0.25) is 0 Å². The summed E-state index contributed by atoms with van der Waals surface area (Å²) in [6, 6.07) is 2.90. The number of aromatic carboxylic acids is 1. The van der Waals surface area contributed by atoms with Crippen LogP contribution in [0.2, 0.25) is 0 Å². The number of aromatic nitrogens is 1. The Morgan fingerprint density at radius 1 is 1.35 bits per heavy atom. The molecule has 0 atom stereocenters. The van der Waals surface area contributed by atoms with Crippen molar-refractivity contribution in [1.82, 2.24) is 4.98 Å². The van der Waals surface area contributed by atoms with Gasteiger partial charge in [0.05, 0.1) is 5.69 Å². The lowest BCUT2D eigenvalue weighted by atomic mass is 9.98. The number of nitrogens with two attached hydrogens (primary N) is 1. The normalized spacial score (nSPS) is 16.7. The van der Waals surface area contributed by atoms with Crippen LogP contribution in [0.3, 0.4) is 0 Å². The van der Waals surface area contributed by atoms with Gasteiger partial charge >= 0.3 is 5.97 Å². The third-order valence-electron chi connectivity index (χ3n) is 2.94. The third-order valence-corrected chi connectivity index (χ3v) is 2.94. The predicted octanol–water partition coefficient (Wildman–Crippen LogP) is 2.07. The summed E-state index contributed by atoms with van der Waals surface area (Å²) in [6.07, 6.45) is 5.60. The summed E-state index contributed by atoms with van der Waals surface area (Å²) in [7, 11) is 0. The Bertz CT molecular complexity index is 414. The zero-order valence-electron chi connectivity index (χ0n) is 9.56. The van der Waals surface area contributed by atoms with Gasteiger partial charge in [-0.05, 0) is 37.8 Å². The zero-order valence-corrected chi connectivity index (χ0v) is 9.56. The first kappa shape index (κ1) is 11.7. The average molecular weight is 236 g/mol. The molecule has 0 bridgehead atoms. The monoisotopic (exact) mass is 236 g/mol. The fourth-order valence-electron chi connectivity index (χ4n) is 2.01. The van der Waals surface area contributed by atoms with Crippen LogP contribution in [0.25, 0.3) is 0 Å². The molecule has 0 aliphatic heterocycles. The van der Waals surface area contributed by atoms with Crippen molar-refractivity contribution < 1.29 is 14.6 Å². The van der Waals surface area contributed by atoms with Gasteiger partial charge in [-0.2, -0.15) is 0 Å². The SMILES string of the molecule is Nc1ccc(C(=O)O)nc1OC1CCCCC1. The van der Waals surface area contributed by atoms with E-state index in [4.69, 9.17) is 15.6 Å². The van der Waals surface area contributed by atoms with Gasteiger partial charge in [0, 0.05) is 0 Å². The van der Waals surface area contributed by atoms with E-state index in [1.807, 2.05) is 0 Å². The molecule has 1 fully saturated rings. The number of rotatable bonds is 3. The predicted molar refractivity (Wildman–Crippen MR) is 63.1 cm³/mol. The van der Waals surface area contributed by atoms with Gasteiger partial charge in [-0.25, -0.2) is 9.78 Å². The van der Waals surface area contributed by atoms with Crippen LogP contribution in [0, 0.1) is 0 Å². The molecule has 1 aliphatic carbocycles. The number of nitrogens with zero attached hydrogens (tertiary/aromatic N) is 1. The Morgan fingerprint density at radius 3 is 2.71 bits per heavy atom. The molecule has 17 heavy (non-hydrogen) atoms. The average Bonchev–Trinajstić information content (AvgIpc) is 2.33. The lowest BCUT2D eigenvalue weighted by molar-refractivity contribution is 0.0687. The van der Waals surface area contributed by atoms with Gasteiger partial charge in [0.15, 0.2) is 5.69 Å². The molecule has 2 rings (SSSR count). The minimum absolute atomic E-state index is 0.0370. The molecule has 0 spiro atoms. The second-order valence-electron chi connectivity index (χ2n) is 4.27. The Labute approximate surface area is 99.6 Å². The zero-order chi connectivity index (χ0) is 12.3. The van der Waals surface area contributed by atoms with E-state index in [9.17, 15) is 4.79 Å². The highest BCUT2D eigenvalue weighted by Gasteiger charge is 2.18. The van der Waals surface area contributed by atoms with Crippen molar-refractivity contribution in [3.63, 3.8) is 0 Å². The number of ether oxygens (including phenoxy) is 1. The highest BCUT2D eigenvalue weighted by Crippen LogP contribution is 2.26. The number of carboxylic acid groups (broad SMARTS) is 1. The van der Waals surface area contributed by atoms with Gasteiger partial charge < -0.3 is 15.6 Å². The van der Waals surface area contributed by atoms with Crippen molar-refractivity contribution in [3.8, 4) is 5.88 Å². The van der Waals surface area contributed by atoms with Crippen molar-refractivity contribution in [2.45, 2.75) is 38.2 Å². The van der Waals surface area contributed by atoms with E-state index in [1.165, 1.54) is 18.6 Å². The highest BCUT2D eigenvalue weighted by atomic mass is 16.5. The fourth-order valence-corrected chi connectivity index (χ4v) is 2.01. The van der Waals surface area contributed by atoms with E-state index in [0.29, 0.717) is 5.69 Å². The largest absolute Gasteiger partial charge is 0.477 e. The maximum Gasteiger partial charge on any atom is 0.354 e. The molecule has 1 saturated carbocycles. The first-order valence-electron chi connectivity index (χ1n) is 5.83. The molecular weight excluding hydrogens is 220 g/mol. The molecule has 1 aliphatic rings. The summed E-state index contributed by atoms with van der Waals surface area (Å²) in [5.74, 6) is -0.824. The molecule has 0 radical (unpaired) electrons. The Balaban J connectivity index is 2.13. The maximum atomic E-state index is 10.8. The van der Waals surface area contributed by atoms with E-state index in [0.717, 1.165) is 25.7 Å². The molecule has 0 amide bonds. The summed E-state index contributed by atoms with van der Waals surface area (Å²) < 4.78 is 5.68. The molecule has 5 nitrogen and oxygen atoms in total. The second-order valence-corrected chi connectivity index (χ2v) is 4.27. The summed E-state index contributed by atoms with van der Waals surface area (Å²) in [5, 5.41) is 8.85. The van der Waals surface area contributed by atoms with Crippen LogP contribution in [-0.2, 0) is 0 Å². The standard InChI is InChI=1S/C12H16N2O3/c13-9-6-7-10(12(15)16)14-11(9)17-8-4-2-1-3-5-8/h6-8H,1-5,13H2,(H,15,16). The van der Waals surface area contributed by atoms with Gasteiger partial charge in [-0.15, -0.1) is 0 Å². The van der Waals surface area contributed by atoms with Crippen LogP contribution in [0.4, 0.5) is 5.69 Å². The summed E-state index contributed by atoms with van der Waals surface area (Å²) in [5.41, 5.74) is 6.08. The van der Waals surface area contributed by atoms with Crippen molar-refractivity contribution >= 4 is 11.7 Å². The Hall–Kier alpha value is -1.78. The number of hydrogen-bond donors (Lipinski definition) is 2. The molecular formula is C12H16N2O3. The maximum absolute atomic E-state index is 10.8. The summed E-state index contributed by atoms with van der Waals surface area (Å²) >= 11 is 0. The van der Waals surface area contributed by atoms with Gasteiger partial charge in [0.1, 0.15) is 6.10 Å². The number of pyridine rings is 1. The van der Waals surface area contributed by atoms with Crippen LogP contribution in [0.1, 0.15) is 42.6 Å². The third kappa shape index (κ3) is 2.87. The van der Waals surface area contributed by atoms with E-state index in [-0.39, 0.29) is 17.7 Å². The van der Waals surface area contributed by atoms with Gasteiger partial charge in [0.25, 0.3) is 0 Å². The summed E-state index contributed by atoms with van der Waals surface area (Å²) in [6.45, 7) is 0. The highest BCUT2D eigenvalue weighted by molar-refractivity contribution is 5.86. The minimum Gasteiger partial charge on any atom is -0.477 e. The Morgan fingerprint density at radius 2 is 2.06 bits per heavy atom. The van der Waals surface area contributed by atoms with Crippen molar-refractivity contribution in [2.75, 3.05) is 5.73 Å². The van der Waals surface area contributed by atoms with Crippen LogP contribution in [0.15, 0.2) is 12.1 Å². The number of hydrogen-bond acceptors (Lipinski definition) is 4. The molecule has 0 unspecified atom stereocenters. The number of nitrogen functional groups attached to an aromatic ring is 1. The van der Waals surface area contributed by atoms with Crippen LogP contribution < -0.4 is 10.5 Å². The number of carboxylic acids is 1. The van der Waals surface area contributed by atoms with Gasteiger partial charge in [-0.1, -0.05) is 6.42 Å². The van der Waals surface area contributed by atoms with Crippen LogP contribution in [-0.4, -0.2) is 22.2 Å². The minimum atomic E-state index is -1.07.